The Morgan fingerprint density at radius 3 is 1.62 bits per heavy atom. The summed E-state index contributed by atoms with van der Waals surface area (Å²) in [6.07, 6.45) is 8.95. The standard InChI is InChI=1S/C29H38N3/c1-7-30(5)26-17-11-23(12-18-26)29(24-13-19-27(20-14-24)31(6)8-2)25-15-21-28(22-16-25)32(9-3)10-4/h11-22H,7-10H2,1-6H3/q+1. The largest absolute Gasteiger partial charge is 0.375 e. The molecule has 0 aliphatic heterocycles. The van der Waals surface area contributed by atoms with Crippen LogP contribution in [0.1, 0.15) is 38.8 Å². The first-order chi connectivity index (χ1) is 15.5. The zero-order valence-electron chi connectivity index (χ0n) is 20.6. The summed E-state index contributed by atoms with van der Waals surface area (Å²) in [5, 5.41) is 0. The molecule has 0 fully saturated rings. The van der Waals surface area contributed by atoms with E-state index in [1.807, 2.05) is 0 Å². The highest BCUT2D eigenvalue weighted by molar-refractivity contribution is 6.04. The summed E-state index contributed by atoms with van der Waals surface area (Å²) in [6.45, 7) is 12.8. The van der Waals surface area contributed by atoms with Crippen LogP contribution in [0.25, 0.3) is 5.57 Å². The van der Waals surface area contributed by atoms with Crippen molar-refractivity contribution in [3.63, 3.8) is 0 Å². The van der Waals surface area contributed by atoms with Crippen LogP contribution < -0.4 is 9.80 Å². The Morgan fingerprint density at radius 2 is 1.19 bits per heavy atom. The van der Waals surface area contributed by atoms with E-state index in [0.29, 0.717) is 0 Å². The van der Waals surface area contributed by atoms with Crippen LogP contribution in [-0.4, -0.2) is 50.6 Å². The van der Waals surface area contributed by atoms with Crippen LogP contribution in [0.4, 0.5) is 11.4 Å². The molecule has 1 aliphatic rings. The van der Waals surface area contributed by atoms with Crippen molar-refractivity contribution < 1.29 is 4.58 Å². The Bertz CT molecular complexity index is 999. The van der Waals surface area contributed by atoms with Gasteiger partial charge in [0.1, 0.15) is 13.6 Å². The Labute approximate surface area is 194 Å². The molecule has 2 aromatic carbocycles. The van der Waals surface area contributed by atoms with Crippen LogP contribution >= 0.6 is 0 Å². The van der Waals surface area contributed by atoms with E-state index in [4.69, 9.17) is 0 Å². The molecule has 3 rings (SSSR count). The Kier molecular flexibility index (Phi) is 8.10. The molecule has 168 valence electrons. The highest BCUT2D eigenvalue weighted by Crippen LogP contribution is 2.32. The number of rotatable bonds is 8. The molecule has 32 heavy (non-hydrogen) atoms. The highest BCUT2D eigenvalue weighted by atomic mass is 15.1. The van der Waals surface area contributed by atoms with Crippen molar-refractivity contribution in [2.45, 2.75) is 27.7 Å². The summed E-state index contributed by atoms with van der Waals surface area (Å²) < 4.78 is 2.26. The summed E-state index contributed by atoms with van der Waals surface area (Å²) in [5.74, 6) is 0. The molecular formula is C29H38N3+. The molecule has 1 aliphatic carbocycles. The normalized spacial score (nSPS) is 12.8. The Balaban J connectivity index is 2.08. The Morgan fingerprint density at radius 1 is 0.688 bits per heavy atom. The minimum atomic E-state index is 0.995. The summed E-state index contributed by atoms with van der Waals surface area (Å²) in [5.41, 5.74) is 8.76. The van der Waals surface area contributed by atoms with Gasteiger partial charge >= 0.3 is 0 Å². The van der Waals surface area contributed by atoms with Crippen molar-refractivity contribution >= 4 is 22.7 Å². The van der Waals surface area contributed by atoms with Crippen LogP contribution in [0.2, 0.25) is 0 Å². The number of benzene rings is 2. The van der Waals surface area contributed by atoms with Gasteiger partial charge in [-0.05, 0) is 86.4 Å². The van der Waals surface area contributed by atoms with E-state index in [2.05, 4.69) is 129 Å². The summed E-state index contributed by atoms with van der Waals surface area (Å²) >= 11 is 0. The van der Waals surface area contributed by atoms with Gasteiger partial charge in [0, 0.05) is 50.2 Å². The second kappa shape index (κ2) is 11.0. The number of nitrogens with zero attached hydrogens (tertiary/aromatic N) is 3. The summed E-state index contributed by atoms with van der Waals surface area (Å²) in [6, 6.07) is 18.0. The first-order valence-corrected chi connectivity index (χ1v) is 11.9. The van der Waals surface area contributed by atoms with Crippen molar-refractivity contribution in [1.82, 2.24) is 0 Å². The maximum atomic E-state index is 2.38. The minimum absolute atomic E-state index is 0.995. The number of hydrogen-bond donors (Lipinski definition) is 0. The fourth-order valence-electron chi connectivity index (χ4n) is 4.06. The zero-order valence-corrected chi connectivity index (χ0v) is 20.6. The molecule has 0 saturated heterocycles. The first kappa shape index (κ1) is 23.6. The van der Waals surface area contributed by atoms with E-state index in [-0.39, 0.29) is 0 Å². The SMILES string of the molecule is CCN(C)c1ccc(C(=C2C=CC(=[N+](C)CC)C=C2)c2ccc(N(CC)CC)cc2)cc1. The second-order valence-corrected chi connectivity index (χ2v) is 8.22. The molecule has 0 unspecified atom stereocenters. The quantitative estimate of drug-likeness (QED) is 0.476. The van der Waals surface area contributed by atoms with Crippen LogP contribution in [0.15, 0.2) is 78.4 Å². The van der Waals surface area contributed by atoms with Gasteiger partial charge in [-0.1, -0.05) is 24.3 Å². The maximum Gasteiger partial charge on any atom is 0.199 e. The molecule has 3 nitrogen and oxygen atoms in total. The van der Waals surface area contributed by atoms with Crippen LogP contribution in [0.5, 0.6) is 0 Å². The third kappa shape index (κ3) is 5.21. The average Bonchev–Trinajstić information content (AvgIpc) is 2.85. The summed E-state index contributed by atoms with van der Waals surface area (Å²) in [7, 11) is 4.27. The predicted octanol–water partition coefficient (Wildman–Crippen LogP) is 6.02. The van der Waals surface area contributed by atoms with Crippen molar-refractivity contribution in [2.75, 3.05) is 50.1 Å². The predicted molar refractivity (Wildman–Crippen MR) is 141 cm³/mol. The Hall–Kier alpha value is -3.07. The van der Waals surface area contributed by atoms with Gasteiger partial charge in [-0.15, -0.1) is 0 Å². The number of hydrogen-bond acceptors (Lipinski definition) is 2. The average molecular weight is 429 g/mol. The van der Waals surface area contributed by atoms with Gasteiger partial charge in [0.05, 0.1) is 0 Å². The molecule has 0 heterocycles. The van der Waals surface area contributed by atoms with E-state index >= 15 is 0 Å². The zero-order chi connectivity index (χ0) is 23.1. The van der Waals surface area contributed by atoms with Crippen LogP contribution in [-0.2, 0) is 0 Å². The van der Waals surface area contributed by atoms with Gasteiger partial charge in [0.2, 0.25) is 0 Å². The molecule has 0 amide bonds. The summed E-state index contributed by atoms with van der Waals surface area (Å²) in [4.78, 5) is 4.64. The highest BCUT2D eigenvalue weighted by Gasteiger charge is 2.14. The molecule has 0 spiro atoms. The molecule has 2 aromatic rings. The van der Waals surface area contributed by atoms with Gasteiger partial charge in [-0.25, -0.2) is 4.58 Å². The number of anilines is 2. The van der Waals surface area contributed by atoms with Crippen molar-refractivity contribution in [1.29, 1.82) is 0 Å². The van der Waals surface area contributed by atoms with E-state index in [0.717, 1.165) is 26.2 Å². The fraction of sp³-hybridized carbons (Fsp3) is 0.345. The second-order valence-electron chi connectivity index (χ2n) is 8.22. The van der Waals surface area contributed by atoms with E-state index in [9.17, 15) is 0 Å². The maximum absolute atomic E-state index is 2.38. The lowest BCUT2D eigenvalue weighted by Crippen LogP contribution is -2.21. The van der Waals surface area contributed by atoms with Gasteiger partial charge in [-0.3, -0.25) is 0 Å². The molecule has 0 N–H and O–H groups in total. The molecule has 0 radical (unpaired) electrons. The van der Waals surface area contributed by atoms with Crippen molar-refractivity contribution in [3.05, 3.63) is 89.5 Å². The third-order valence-electron chi connectivity index (χ3n) is 6.43. The molecule has 0 atom stereocenters. The lowest BCUT2D eigenvalue weighted by Gasteiger charge is -2.22. The fourth-order valence-corrected chi connectivity index (χ4v) is 4.06. The van der Waals surface area contributed by atoms with Gasteiger partial charge in [0.15, 0.2) is 5.71 Å². The van der Waals surface area contributed by atoms with Gasteiger partial charge < -0.3 is 9.80 Å². The van der Waals surface area contributed by atoms with Crippen LogP contribution in [0.3, 0.4) is 0 Å². The van der Waals surface area contributed by atoms with E-state index in [1.165, 1.54) is 39.4 Å². The van der Waals surface area contributed by atoms with Crippen LogP contribution in [0, 0.1) is 0 Å². The van der Waals surface area contributed by atoms with E-state index < -0.39 is 0 Å². The lowest BCUT2D eigenvalue weighted by molar-refractivity contribution is -0.491. The third-order valence-corrected chi connectivity index (χ3v) is 6.43. The molecule has 0 bridgehead atoms. The molecule has 3 heteroatoms. The van der Waals surface area contributed by atoms with Gasteiger partial charge in [-0.2, -0.15) is 0 Å². The van der Waals surface area contributed by atoms with Crippen molar-refractivity contribution in [3.8, 4) is 0 Å². The minimum Gasteiger partial charge on any atom is -0.375 e. The smallest absolute Gasteiger partial charge is 0.199 e. The number of allylic oxidation sites excluding steroid dienone is 5. The molecule has 0 aromatic heterocycles. The molecular weight excluding hydrogens is 390 g/mol. The first-order valence-electron chi connectivity index (χ1n) is 11.9. The monoisotopic (exact) mass is 428 g/mol. The topological polar surface area (TPSA) is 9.49 Å². The lowest BCUT2D eigenvalue weighted by atomic mass is 9.90. The molecule has 0 saturated carbocycles. The van der Waals surface area contributed by atoms with Gasteiger partial charge in [0.25, 0.3) is 0 Å². The van der Waals surface area contributed by atoms with Crippen molar-refractivity contribution in [2.24, 2.45) is 0 Å². The van der Waals surface area contributed by atoms with E-state index in [1.54, 1.807) is 0 Å².